The van der Waals surface area contributed by atoms with Crippen LogP contribution in [0.4, 0.5) is 0 Å². The van der Waals surface area contributed by atoms with Crippen molar-refractivity contribution in [2.24, 2.45) is 0 Å². The molecule has 1 atom stereocenters. The largest absolute Gasteiger partial charge is 0.472 e. The number of thioether (sulfide) groups is 1. The van der Waals surface area contributed by atoms with E-state index in [1.807, 2.05) is 72.3 Å². The van der Waals surface area contributed by atoms with E-state index in [9.17, 15) is 4.79 Å². The van der Waals surface area contributed by atoms with E-state index in [1.54, 1.807) is 11.8 Å². The molecule has 0 saturated heterocycles. The number of benzene rings is 3. The first-order valence-corrected chi connectivity index (χ1v) is 13.1. The predicted octanol–water partition coefficient (Wildman–Crippen LogP) is 7.91. The maximum Gasteiger partial charge on any atom is 0.227 e. The molecule has 4 aromatic rings. The average Bonchev–Trinajstić information content (AvgIpc) is 3.28. The van der Waals surface area contributed by atoms with Gasteiger partial charge in [-0.2, -0.15) is 0 Å². The summed E-state index contributed by atoms with van der Waals surface area (Å²) in [6, 6.07) is 25.9. The number of hydrogen-bond donors (Lipinski definition) is 0. The fourth-order valence-electron chi connectivity index (χ4n) is 4.21. The van der Waals surface area contributed by atoms with Crippen molar-refractivity contribution in [2.75, 3.05) is 0 Å². The second kappa shape index (κ2) is 9.20. The Balaban J connectivity index is 1.47. The number of carbonyl (C=O) groups excluding carboxylic acids is 1. The summed E-state index contributed by atoms with van der Waals surface area (Å²) >= 11 is 10.3. The number of Topliss-reactive ketones (excluding diaryl/α,β-unsaturated/α-hetero) is 1. The first-order chi connectivity index (χ1) is 16.0. The highest BCUT2D eigenvalue weighted by Crippen LogP contribution is 2.41. The summed E-state index contributed by atoms with van der Waals surface area (Å²) in [6.45, 7) is 2.00. The van der Waals surface area contributed by atoms with E-state index in [4.69, 9.17) is 16.3 Å². The van der Waals surface area contributed by atoms with E-state index in [2.05, 4.69) is 46.9 Å². The Morgan fingerprint density at radius 2 is 1.82 bits per heavy atom. The molecular weight excluding hydrogens is 565 g/mol. The van der Waals surface area contributed by atoms with Gasteiger partial charge < -0.3 is 9.30 Å². The van der Waals surface area contributed by atoms with Gasteiger partial charge in [0.1, 0.15) is 5.75 Å². The van der Waals surface area contributed by atoms with Gasteiger partial charge in [-0.05, 0) is 77.0 Å². The highest BCUT2D eigenvalue weighted by atomic mass is 127. The van der Waals surface area contributed by atoms with Crippen LogP contribution in [0.2, 0.25) is 5.02 Å². The van der Waals surface area contributed by atoms with Gasteiger partial charge in [-0.3, -0.25) is 4.79 Å². The van der Waals surface area contributed by atoms with Crippen LogP contribution in [0.5, 0.6) is 5.75 Å². The SMILES string of the molecule is CCC1(c2ccc(CSc3ccc(I)cc3Cl)cc2)Oc2ccccc2-n2cccc2C1=O. The van der Waals surface area contributed by atoms with Crippen LogP contribution >= 0.6 is 46.0 Å². The predicted molar refractivity (Wildman–Crippen MR) is 143 cm³/mol. The van der Waals surface area contributed by atoms with Crippen LogP contribution in [-0.4, -0.2) is 10.4 Å². The Labute approximate surface area is 216 Å². The number of ether oxygens (including phenoxy) is 1. The lowest BCUT2D eigenvalue weighted by molar-refractivity contribution is 0.0424. The minimum absolute atomic E-state index is 0.0287. The van der Waals surface area contributed by atoms with E-state index < -0.39 is 5.60 Å². The molecule has 0 N–H and O–H groups in total. The van der Waals surface area contributed by atoms with Crippen molar-refractivity contribution in [3.8, 4) is 11.4 Å². The Bertz CT molecular complexity index is 1330. The summed E-state index contributed by atoms with van der Waals surface area (Å²) in [6.07, 6.45) is 2.44. The minimum atomic E-state index is -1.08. The van der Waals surface area contributed by atoms with Gasteiger partial charge in [0.05, 0.1) is 16.4 Å². The third-order valence-corrected chi connectivity index (χ3v) is 8.20. The molecule has 1 unspecified atom stereocenters. The zero-order valence-electron chi connectivity index (χ0n) is 17.9. The molecule has 2 heterocycles. The number of carbonyl (C=O) groups is 1. The summed E-state index contributed by atoms with van der Waals surface area (Å²) in [5.74, 6) is 1.47. The van der Waals surface area contributed by atoms with Gasteiger partial charge in [0.25, 0.3) is 0 Å². The lowest BCUT2D eigenvalue weighted by Crippen LogP contribution is -2.41. The van der Waals surface area contributed by atoms with E-state index in [0.29, 0.717) is 17.9 Å². The zero-order chi connectivity index (χ0) is 23.0. The summed E-state index contributed by atoms with van der Waals surface area (Å²) < 4.78 is 9.58. The molecule has 1 aliphatic heterocycles. The van der Waals surface area contributed by atoms with Crippen molar-refractivity contribution in [1.82, 2.24) is 4.57 Å². The third kappa shape index (κ3) is 4.11. The summed E-state index contributed by atoms with van der Waals surface area (Å²) in [4.78, 5) is 14.9. The molecule has 0 spiro atoms. The molecule has 1 aliphatic rings. The van der Waals surface area contributed by atoms with Crippen LogP contribution in [0.3, 0.4) is 0 Å². The number of halogens is 2. The maximum absolute atomic E-state index is 13.8. The molecule has 166 valence electrons. The Morgan fingerprint density at radius 1 is 1.03 bits per heavy atom. The van der Waals surface area contributed by atoms with Crippen molar-refractivity contribution in [3.63, 3.8) is 0 Å². The van der Waals surface area contributed by atoms with Gasteiger partial charge in [-0.25, -0.2) is 0 Å². The molecule has 6 heteroatoms. The maximum atomic E-state index is 13.8. The Hall–Kier alpha value is -2.22. The fraction of sp³-hybridized carbons (Fsp3) is 0.148. The van der Waals surface area contributed by atoms with Crippen molar-refractivity contribution < 1.29 is 9.53 Å². The van der Waals surface area contributed by atoms with E-state index in [-0.39, 0.29) is 5.78 Å². The third-order valence-electron chi connectivity index (χ3n) is 5.96. The van der Waals surface area contributed by atoms with E-state index >= 15 is 0 Å². The van der Waals surface area contributed by atoms with E-state index in [1.165, 1.54) is 0 Å². The molecule has 3 aromatic carbocycles. The number of nitrogens with zero attached hydrogens (tertiary/aromatic N) is 1. The van der Waals surface area contributed by atoms with Crippen LogP contribution in [0, 0.1) is 3.57 Å². The molecular formula is C27H21ClINO2S. The normalized spacial score (nSPS) is 17.1. The molecule has 5 rings (SSSR count). The van der Waals surface area contributed by atoms with Gasteiger partial charge in [-0.1, -0.05) is 54.9 Å². The van der Waals surface area contributed by atoms with Gasteiger partial charge >= 0.3 is 0 Å². The number of fused-ring (bicyclic) bond motifs is 3. The standard InChI is InChI=1S/C27H21ClINO2S/c1-2-27(26(31)23-7-5-15-30(23)22-6-3-4-8-24(22)32-27)19-11-9-18(10-12-19)17-33-25-14-13-20(29)16-21(25)28/h3-16H,2,17H2,1H3. The van der Waals surface area contributed by atoms with Crippen molar-refractivity contribution >= 4 is 51.7 Å². The van der Waals surface area contributed by atoms with Crippen LogP contribution in [0.15, 0.2) is 90.0 Å². The van der Waals surface area contributed by atoms with Gasteiger partial charge in [0.15, 0.2) is 5.60 Å². The number of aromatic nitrogens is 1. The molecule has 33 heavy (non-hydrogen) atoms. The van der Waals surface area contributed by atoms with Gasteiger partial charge in [-0.15, -0.1) is 11.8 Å². The highest BCUT2D eigenvalue weighted by Gasteiger charge is 2.45. The van der Waals surface area contributed by atoms with Crippen LogP contribution in [0.1, 0.15) is 35.0 Å². The highest BCUT2D eigenvalue weighted by molar-refractivity contribution is 14.1. The lowest BCUT2D eigenvalue weighted by atomic mass is 9.84. The molecule has 0 radical (unpaired) electrons. The Morgan fingerprint density at radius 3 is 2.58 bits per heavy atom. The first kappa shape index (κ1) is 22.6. The van der Waals surface area contributed by atoms with Crippen molar-refractivity contribution in [1.29, 1.82) is 0 Å². The molecule has 0 saturated carbocycles. The van der Waals surface area contributed by atoms with Gasteiger partial charge in [0.2, 0.25) is 5.78 Å². The summed E-state index contributed by atoms with van der Waals surface area (Å²) in [5.41, 5.74) is 2.46. The van der Waals surface area contributed by atoms with Crippen LogP contribution in [0.25, 0.3) is 5.69 Å². The molecule has 1 aromatic heterocycles. The number of para-hydroxylation sites is 2. The molecule has 0 fully saturated rings. The minimum Gasteiger partial charge on any atom is -0.472 e. The lowest BCUT2D eigenvalue weighted by Gasteiger charge is -2.31. The van der Waals surface area contributed by atoms with Gasteiger partial charge in [0, 0.05) is 26.0 Å². The second-order valence-electron chi connectivity index (χ2n) is 7.90. The monoisotopic (exact) mass is 585 g/mol. The molecule has 3 nitrogen and oxygen atoms in total. The zero-order valence-corrected chi connectivity index (χ0v) is 21.7. The summed E-state index contributed by atoms with van der Waals surface area (Å²) in [7, 11) is 0. The number of rotatable bonds is 5. The number of hydrogen-bond acceptors (Lipinski definition) is 3. The number of ketones is 1. The van der Waals surface area contributed by atoms with E-state index in [0.717, 1.165) is 36.1 Å². The van der Waals surface area contributed by atoms with Crippen molar-refractivity contribution in [2.45, 2.75) is 29.6 Å². The van der Waals surface area contributed by atoms with Crippen molar-refractivity contribution in [3.05, 3.63) is 110 Å². The summed E-state index contributed by atoms with van der Waals surface area (Å²) in [5, 5.41) is 0.771. The smallest absolute Gasteiger partial charge is 0.227 e. The second-order valence-corrected chi connectivity index (χ2v) is 10.6. The molecule has 0 bridgehead atoms. The van der Waals surface area contributed by atoms with Crippen LogP contribution < -0.4 is 4.74 Å². The Kier molecular flexibility index (Phi) is 6.29. The fourth-order valence-corrected chi connectivity index (χ4v) is 6.11. The molecule has 0 aliphatic carbocycles. The molecule has 0 amide bonds. The first-order valence-electron chi connectivity index (χ1n) is 10.7. The topological polar surface area (TPSA) is 31.2 Å². The van der Waals surface area contributed by atoms with Crippen LogP contribution in [-0.2, 0) is 11.4 Å². The quantitative estimate of drug-likeness (QED) is 0.176. The average molecular weight is 586 g/mol.